The summed E-state index contributed by atoms with van der Waals surface area (Å²) in [6, 6.07) is 4.29. The first kappa shape index (κ1) is 14.2. The van der Waals surface area contributed by atoms with Gasteiger partial charge in [-0.1, -0.05) is 0 Å². The molecule has 22 heavy (non-hydrogen) atoms. The van der Waals surface area contributed by atoms with Gasteiger partial charge in [0.05, 0.1) is 11.1 Å². The van der Waals surface area contributed by atoms with Crippen LogP contribution in [0, 0.1) is 11.6 Å². The van der Waals surface area contributed by atoms with Gasteiger partial charge in [0.2, 0.25) is 0 Å². The molecule has 0 unspecified atom stereocenters. The smallest absolute Gasteiger partial charge is 0.260 e. The molecule has 1 aromatic carbocycles. The van der Waals surface area contributed by atoms with E-state index in [2.05, 4.69) is 4.98 Å². The number of thiophene rings is 1. The number of pyridine rings is 1. The van der Waals surface area contributed by atoms with Crippen molar-refractivity contribution in [3.63, 3.8) is 0 Å². The molecule has 3 aromatic rings. The highest BCUT2D eigenvalue weighted by Crippen LogP contribution is 2.40. The minimum atomic E-state index is -0.727. The molecule has 5 nitrogen and oxygen atoms in total. The molecule has 112 valence electrons. The largest absolute Gasteiger partial charge is 0.453 e. The number of nitrogens with two attached hydrogens (primary N) is 2. The van der Waals surface area contributed by atoms with Crippen LogP contribution in [0.3, 0.4) is 0 Å². The van der Waals surface area contributed by atoms with E-state index >= 15 is 0 Å². The van der Waals surface area contributed by atoms with Crippen LogP contribution in [-0.4, -0.2) is 10.9 Å². The Hall–Kier alpha value is -2.74. The summed E-state index contributed by atoms with van der Waals surface area (Å²) in [5, 5.41) is 0.338. The Balaban J connectivity index is 2.15. The van der Waals surface area contributed by atoms with Crippen LogP contribution in [-0.2, 0) is 0 Å². The van der Waals surface area contributed by atoms with E-state index in [9.17, 15) is 13.6 Å². The number of fused-ring (bicyclic) bond motifs is 1. The fraction of sp³-hybridized carbons (Fsp3) is 0. The molecule has 0 aliphatic heterocycles. The van der Waals surface area contributed by atoms with Gasteiger partial charge in [0.1, 0.15) is 21.3 Å². The van der Waals surface area contributed by atoms with E-state index in [-0.39, 0.29) is 22.1 Å². The van der Waals surface area contributed by atoms with Crippen molar-refractivity contribution >= 4 is 33.1 Å². The molecule has 0 radical (unpaired) electrons. The van der Waals surface area contributed by atoms with Gasteiger partial charge >= 0.3 is 0 Å². The summed E-state index contributed by atoms with van der Waals surface area (Å²) in [4.78, 5) is 16.0. The molecule has 4 N–H and O–H groups in total. The van der Waals surface area contributed by atoms with Crippen molar-refractivity contribution in [1.29, 1.82) is 0 Å². The molecule has 2 aromatic heterocycles. The van der Waals surface area contributed by atoms with Gasteiger partial charge in [-0.05, 0) is 18.2 Å². The average molecular weight is 321 g/mol. The summed E-state index contributed by atoms with van der Waals surface area (Å²) in [5.74, 6) is -2.19. The second-order valence-corrected chi connectivity index (χ2v) is 5.37. The molecule has 2 heterocycles. The molecular formula is C14H9F2N3O2S. The quantitative estimate of drug-likeness (QED) is 0.775. The lowest BCUT2D eigenvalue weighted by atomic mass is 10.2. The number of hydrogen-bond acceptors (Lipinski definition) is 5. The Labute approximate surface area is 127 Å². The van der Waals surface area contributed by atoms with Crippen LogP contribution in [0.15, 0.2) is 30.5 Å². The zero-order valence-electron chi connectivity index (χ0n) is 11.0. The standard InChI is InChI=1S/C14H9F2N3O2S/c15-6-1-2-7(16)9(5-6)21-8-3-4-19-14-10(8)11(17)12(22-14)13(18)20/h1-5H,17H2,(H2,18,20). The number of ether oxygens (including phenoxy) is 1. The molecule has 0 saturated carbocycles. The topological polar surface area (TPSA) is 91.2 Å². The average Bonchev–Trinajstić information content (AvgIpc) is 2.81. The van der Waals surface area contributed by atoms with Crippen LogP contribution < -0.4 is 16.2 Å². The van der Waals surface area contributed by atoms with Gasteiger partial charge < -0.3 is 16.2 Å². The molecule has 3 rings (SSSR count). The molecule has 0 spiro atoms. The minimum Gasteiger partial charge on any atom is -0.453 e. The van der Waals surface area contributed by atoms with Crippen LogP contribution in [0.2, 0.25) is 0 Å². The zero-order valence-corrected chi connectivity index (χ0v) is 11.8. The lowest BCUT2D eigenvalue weighted by molar-refractivity contribution is 0.100. The van der Waals surface area contributed by atoms with Crippen molar-refractivity contribution < 1.29 is 18.3 Å². The van der Waals surface area contributed by atoms with Crippen molar-refractivity contribution in [2.75, 3.05) is 5.73 Å². The highest BCUT2D eigenvalue weighted by atomic mass is 32.1. The zero-order chi connectivity index (χ0) is 15.9. The highest BCUT2D eigenvalue weighted by molar-refractivity contribution is 7.21. The van der Waals surface area contributed by atoms with Crippen LogP contribution in [0.25, 0.3) is 10.2 Å². The first-order chi connectivity index (χ1) is 10.5. The molecule has 0 fully saturated rings. The summed E-state index contributed by atoms with van der Waals surface area (Å²) < 4.78 is 32.3. The number of primary amides is 1. The van der Waals surface area contributed by atoms with Crippen molar-refractivity contribution in [2.45, 2.75) is 0 Å². The van der Waals surface area contributed by atoms with Crippen molar-refractivity contribution in [2.24, 2.45) is 5.73 Å². The third-order valence-corrected chi connectivity index (χ3v) is 4.06. The van der Waals surface area contributed by atoms with Gasteiger partial charge in [0.25, 0.3) is 5.91 Å². The molecule has 0 aliphatic rings. The van der Waals surface area contributed by atoms with E-state index in [1.165, 1.54) is 12.3 Å². The van der Waals surface area contributed by atoms with Gasteiger partial charge in [0, 0.05) is 12.3 Å². The van der Waals surface area contributed by atoms with E-state index < -0.39 is 17.5 Å². The number of halogens is 2. The maximum atomic E-state index is 13.7. The summed E-state index contributed by atoms with van der Waals surface area (Å²) in [7, 11) is 0. The first-order valence-corrected chi connectivity index (χ1v) is 6.88. The number of carbonyl (C=O) groups is 1. The van der Waals surface area contributed by atoms with Crippen LogP contribution in [0.4, 0.5) is 14.5 Å². The Bertz CT molecular complexity index is 895. The molecule has 0 aliphatic carbocycles. The van der Waals surface area contributed by atoms with Crippen LogP contribution >= 0.6 is 11.3 Å². The van der Waals surface area contributed by atoms with Crippen molar-refractivity contribution in [1.82, 2.24) is 4.98 Å². The number of nitrogens with zero attached hydrogens (tertiary/aromatic N) is 1. The van der Waals surface area contributed by atoms with Crippen LogP contribution in [0.1, 0.15) is 9.67 Å². The van der Waals surface area contributed by atoms with Crippen molar-refractivity contribution in [3.8, 4) is 11.5 Å². The molecule has 0 atom stereocenters. The molecule has 0 bridgehead atoms. The molecule has 1 amide bonds. The second kappa shape index (κ2) is 5.23. The Morgan fingerprint density at radius 2 is 2.00 bits per heavy atom. The van der Waals surface area contributed by atoms with E-state index in [0.717, 1.165) is 29.5 Å². The Morgan fingerprint density at radius 3 is 2.73 bits per heavy atom. The van der Waals surface area contributed by atoms with Gasteiger partial charge in [-0.25, -0.2) is 13.8 Å². The number of aromatic nitrogens is 1. The maximum Gasteiger partial charge on any atom is 0.260 e. The third-order valence-electron chi connectivity index (χ3n) is 2.93. The second-order valence-electron chi connectivity index (χ2n) is 4.38. The number of benzene rings is 1. The predicted octanol–water partition coefficient (Wildman–Crippen LogP) is 3.05. The number of anilines is 1. The number of rotatable bonds is 3. The first-order valence-electron chi connectivity index (χ1n) is 6.07. The summed E-state index contributed by atoms with van der Waals surface area (Å²) >= 11 is 1.01. The van der Waals surface area contributed by atoms with E-state index in [0.29, 0.717) is 10.2 Å². The van der Waals surface area contributed by atoms with Crippen molar-refractivity contribution in [3.05, 3.63) is 47.0 Å². The number of hydrogen-bond donors (Lipinski definition) is 2. The lowest BCUT2D eigenvalue weighted by Gasteiger charge is -2.08. The third kappa shape index (κ3) is 2.33. The summed E-state index contributed by atoms with van der Waals surface area (Å²) in [6.07, 6.45) is 1.41. The van der Waals surface area contributed by atoms with Gasteiger partial charge in [-0.15, -0.1) is 11.3 Å². The maximum absolute atomic E-state index is 13.7. The van der Waals surface area contributed by atoms with E-state index in [1.807, 2.05) is 0 Å². The number of nitrogen functional groups attached to an aromatic ring is 1. The van der Waals surface area contributed by atoms with E-state index in [4.69, 9.17) is 16.2 Å². The Morgan fingerprint density at radius 1 is 1.23 bits per heavy atom. The van der Waals surface area contributed by atoms with Crippen LogP contribution in [0.5, 0.6) is 11.5 Å². The normalized spacial score (nSPS) is 10.8. The van der Waals surface area contributed by atoms with Gasteiger partial charge in [-0.2, -0.15) is 0 Å². The highest BCUT2D eigenvalue weighted by Gasteiger charge is 2.19. The fourth-order valence-electron chi connectivity index (χ4n) is 1.96. The molecule has 0 saturated heterocycles. The van der Waals surface area contributed by atoms with Gasteiger partial charge in [0.15, 0.2) is 11.6 Å². The minimum absolute atomic E-state index is 0.104. The molecule has 8 heteroatoms. The van der Waals surface area contributed by atoms with Gasteiger partial charge in [-0.3, -0.25) is 4.79 Å². The fourth-order valence-corrected chi connectivity index (χ4v) is 2.89. The summed E-state index contributed by atoms with van der Waals surface area (Å²) in [5.41, 5.74) is 11.2. The van der Waals surface area contributed by atoms with E-state index in [1.54, 1.807) is 0 Å². The predicted molar refractivity (Wildman–Crippen MR) is 79.0 cm³/mol. The summed E-state index contributed by atoms with van der Waals surface area (Å²) in [6.45, 7) is 0. The lowest BCUT2D eigenvalue weighted by Crippen LogP contribution is -2.10. The number of amides is 1. The monoisotopic (exact) mass is 321 g/mol. The number of carbonyl (C=O) groups excluding carboxylic acids is 1. The molecular weight excluding hydrogens is 312 g/mol. The Kier molecular flexibility index (Phi) is 3.38. The SMILES string of the molecule is NC(=O)c1sc2nccc(Oc3cc(F)ccc3F)c2c1N.